The van der Waals surface area contributed by atoms with Gasteiger partial charge in [0.1, 0.15) is 30.1 Å². The van der Waals surface area contributed by atoms with Crippen LogP contribution in [0.1, 0.15) is 18.1 Å². The van der Waals surface area contributed by atoms with Crippen molar-refractivity contribution in [2.24, 2.45) is 0 Å². The van der Waals surface area contributed by atoms with Gasteiger partial charge in [-0.25, -0.2) is 4.39 Å². The maximum atomic E-state index is 13.4. The smallest absolute Gasteiger partial charge is 0.255 e. The molecule has 1 aromatic heterocycles. The largest absolute Gasteiger partial charge is 0.489 e. The number of ether oxygens (including phenoxy) is 1. The maximum absolute atomic E-state index is 13.4. The molecule has 0 N–H and O–H groups in total. The number of hydrogen-bond donors (Lipinski definition) is 0. The van der Waals surface area contributed by atoms with Gasteiger partial charge in [-0.2, -0.15) is 5.26 Å². The molecule has 2 aromatic rings. The lowest BCUT2D eigenvalue weighted by molar-refractivity contribution is 0.234. The second-order valence-corrected chi connectivity index (χ2v) is 6.95. The van der Waals surface area contributed by atoms with Crippen molar-refractivity contribution in [3.05, 3.63) is 57.6 Å². The number of halogens is 1. The molecule has 2 aliphatic heterocycles. The molecule has 4 rings (SSSR count). The predicted octanol–water partition coefficient (Wildman–Crippen LogP) is 1.96. The molecule has 0 saturated carbocycles. The average molecular weight is 368 g/mol. The van der Waals surface area contributed by atoms with Gasteiger partial charge in [-0.1, -0.05) is 13.0 Å². The molecular weight excluding hydrogens is 347 g/mol. The molecule has 0 spiro atoms. The number of rotatable bonds is 4. The predicted molar refractivity (Wildman–Crippen MR) is 99.4 cm³/mol. The summed E-state index contributed by atoms with van der Waals surface area (Å²) in [5, 5.41) is 8.93. The van der Waals surface area contributed by atoms with E-state index in [0.717, 1.165) is 32.0 Å². The third-order valence-electron chi connectivity index (χ3n) is 5.34. The molecule has 1 fully saturated rings. The Kier molecular flexibility index (Phi) is 4.58. The van der Waals surface area contributed by atoms with Gasteiger partial charge in [0.2, 0.25) is 0 Å². The normalized spacial score (nSPS) is 18.7. The third-order valence-corrected chi connectivity index (χ3v) is 5.34. The Bertz CT molecular complexity index is 965. The number of likely N-dealkylation sites (N-methyl/N-ethyl adjacent to an activating group) is 1. The number of benzene rings is 1. The highest BCUT2D eigenvalue weighted by Crippen LogP contribution is 2.30. The van der Waals surface area contributed by atoms with Crippen LogP contribution in [0.2, 0.25) is 0 Å². The lowest BCUT2D eigenvalue weighted by Gasteiger charge is -2.37. The van der Waals surface area contributed by atoms with E-state index in [0.29, 0.717) is 23.9 Å². The van der Waals surface area contributed by atoms with Gasteiger partial charge < -0.3 is 9.64 Å². The summed E-state index contributed by atoms with van der Waals surface area (Å²) in [7, 11) is 0. The number of nitriles is 1. The molecule has 0 bridgehead atoms. The average Bonchev–Trinajstić information content (AvgIpc) is 3.05. The van der Waals surface area contributed by atoms with Gasteiger partial charge in [0.25, 0.3) is 5.56 Å². The van der Waals surface area contributed by atoms with E-state index in [1.54, 1.807) is 6.07 Å². The highest BCUT2D eigenvalue weighted by molar-refractivity contribution is 5.50. The Morgan fingerprint density at radius 1 is 1.26 bits per heavy atom. The number of pyridine rings is 1. The molecule has 27 heavy (non-hydrogen) atoms. The van der Waals surface area contributed by atoms with Crippen LogP contribution in [0.4, 0.5) is 10.2 Å². The van der Waals surface area contributed by atoms with Crippen molar-refractivity contribution in [3.63, 3.8) is 0 Å². The van der Waals surface area contributed by atoms with Gasteiger partial charge in [-0.15, -0.1) is 0 Å². The van der Waals surface area contributed by atoms with Gasteiger partial charge in [0.05, 0.1) is 11.6 Å². The Hall–Kier alpha value is -2.85. The lowest BCUT2D eigenvalue weighted by Crippen LogP contribution is -2.51. The van der Waals surface area contributed by atoms with Crippen LogP contribution in [0.5, 0.6) is 5.75 Å². The summed E-state index contributed by atoms with van der Waals surface area (Å²) >= 11 is 0. The SMILES string of the molecule is CCN1CCN2c3cc(OCc4ccc(F)c(C#N)c4)cc(=O)n3CC2C1. The molecule has 140 valence electrons. The van der Waals surface area contributed by atoms with Gasteiger partial charge in [-0.3, -0.25) is 14.3 Å². The lowest BCUT2D eigenvalue weighted by atomic mass is 10.1. The molecular formula is C20H21FN4O2. The summed E-state index contributed by atoms with van der Waals surface area (Å²) in [4.78, 5) is 17.2. The summed E-state index contributed by atoms with van der Waals surface area (Å²) < 4.78 is 21.0. The van der Waals surface area contributed by atoms with Crippen molar-refractivity contribution in [2.45, 2.75) is 26.1 Å². The minimum absolute atomic E-state index is 0.0123. The molecule has 1 atom stereocenters. The van der Waals surface area contributed by atoms with E-state index in [2.05, 4.69) is 16.7 Å². The van der Waals surface area contributed by atoms with E-state index in [9.17, 15) is 9.18 Å². The standard InChI is InChI=1S/C20H21FN4O2/c1-2-23-5-6-24-16(11-23)12-25-19(24)8-17(9-20(25)26)27-13-14-3-4-18(21)15(7-14)10-22/h3-4,7-9,16H,2,5-6,11-13H2,1H3. The monoisotopic (exact) mass is 368 g/mol. The molecule has 7 heteroatoms. The Labute approximate surface area is 157 Å². The first-order valence-corrected chi connectivity index (χ1v) is 9.14. The molecule has 1 aromatic carbocycles. The third kappa shape index (κ3) is 3.28. The quantitative estimate of drug-likeness (QED) is 0.826. The van der Waals surface area contributed by atoms with Gasteiger partial charge in [-0.05, 0) is 24.2 Å². The summed E-state index contributed by atoms with van der Waals surface area (Å²) in [6.45, 7) is 6.89. The maximum Gasteiger partial charge on any atom is 0.255 e. The highest BCUT2D eigenvalue weighted by atomic mass is 19.1. The molecule has 1 unspecified atom stereocenters. The summed E-state index contributed by atoms with van der Waals surface area (Å²) in [5.41, 5.74) is 0.599. The van der Waals surface area contributed by atoms with Crippen LogP contribution >= 0.6 is 0 Å². The minimum Gasteiger partial charge on any atom is -0.489 e. The minimum atomic E-state index is -0.547. The molecule has 0 radical (unpaired) electrons. The summed E-state index contributed by atoms with van der Waals surface area (Å²) in [5.74, 6) is 0.844. The molecule has 6 nitrogen and oxygen atoms in total. The molecule has 3 heterocycles. The Balaban J connectivity index is 1.53. The fraction of sp³-hybridized carbons (Fsp3) is 0.400. The zero-order valence-corrected chi connectivity index (χ0v) is 15.2. The van der Waals surface area contributed by atoms with Crippen molar-refractivity contribution in [3.8, 4) is 11.8 Å². The zero-order valence-electron chi connectivity index (χ0n) is 15.2. The van der Waals surface area contributed by atoms with Crippen molar-refractivity contribution in [1.29, 1.82) is 5.26 Å². The zero-order chi connectivity index (χ0) is 19.0. The van der Waals surface area contributed by atoms with Crippen molar-refractivity contribution in [1.82, 2.24) is 9.47 Å². The second kappa shape index (κ2) is 7.05. The number of hydrogen-bond acceptors (Lipinski definition) is 5. The van der Waals surface area contributed by atoms with Gasteiger partial charge in [0, 0.05) is 38.3 Å². The first-order valence-electron chi connectivity index (χ1n) is 9.14. The molecule has 1 saturated heterocycles. The van der Waals surface area contributed by atoms with Crippen LogP contribution in [0.3, 0.4) is 0 Å². The Morgan fingerprint density at radius 3 is 2.89 bits per heavy atom. The van der Waals surface area contributed by atoms with E-state index >= 15 is 0 Å². The van der Waals surface area contributed by atoms with Crippen molar-refractivity contribution >= 4 is 5.82 Å². The van der Waals surface area contributed by atoms with Crippen molar-refractivity contribution < 1.29 is 9.13 Å². The topological polar surface area (TPSA) is 61.5 Å². The van der Waals surface area contributed by atoms with E-state index < -0.39 is 5.82 Å². The van der Waals surface area contributed by atoms with Crippen LogP contribution in [0.15, 0.2) is 35.1 Å². The summed E-state index contributed by atoms with van der Waals surface area (Å²) in [6.07, 6.45) is 0. The molecule has 0 amide bonds. The van der Waals surface area contributed by atoms with E-state index in [-0.39, 0.29) is 17.7 Å². The molecule has 2 aliphatic rings. The number of anilines is 1. The number of nitrogens with zero attached hydrogens (tertiary/aromatic N) is 4. The van der Waals surface area contributed by atoms with Crippen LogP contribution < -0.4 is 15.2 Å². The highest BCUT2D eigenvalue weighted by Gasteiger charge is 2.34. The van der Waals surface area contributed by atoms with Crippen LogP contribution in [-0.4, -0.2) is 41.7 Å². The van der Waals surface area contributed by atoms with Crippen LogP contribution in [0.25, 0.3) is 0 Å². The molecule has 0 aliphatic carbocycles. The fourth-order valence-electron chi connectivity index (χ4n) is 3.85. The van der Waals surface area contributed by atoms with Gasteiger partial charge >= 0.3 is 0 Å². The fourth-order valence-corrected chi connectivity index (χ4v) is 3.85. The second-order valence-electron chi connectivity index (χ2n) is 6.95. The number of aromatic nitrogens is 1. The number of fused-ring (bicyclic) bond motifs is 3. The number of piperazine rings is 1. The van der Waals surface area contributed by atoms with Crippen LogP contribution in [0, 0.1) is 17.1 Å². The van der Waals surface area contributed by atoms with E-state index in [1.165, 1.54) is 18.2 Å². The van der Waals surface area contributed by atoms with Gasteiger partial charge in [0.15, 0.2) is 0 Å². The first kappa shape index (κ1) is 17.6. The summed E-state index contributed by atoms with van der Waals surface area (Å²) in [6, 6.07) is 9.84. The first-order chi connectivity index (χ1) is 13.1. The van der Waals surface area contributed by atoms with E-state index in [1.807, 2.05) is 16.7 Å². The van der Waals surface area contributed by atoms with Crippen LogP contribution in [-0.2, 0) is 13.2 Å². The van der Waals surface area contributed by atoms with E-state index in [4.69, 9.17) is 10.00 Å². The van der Waals surface area contributed by atoms with Crippen molar-refractivity contribution in [2.75, 3.05) is 31.1 Å². The Morgan fingerprint density at radius 2 is 2.11 bits per heavy atom.